The number of sulfone groups is 1. The highest BCUT2D eigenvalue weighted by Gasteiger charge is 2.45. The van der Waals surface area contributed by atoms with E-state index in [2.05, 4.69) is 140 Å². The molecule has 2 aromatic carbocycles. The van der Waals surface area contributed by atoms with Crippen molar-refractivity contribution in [2.75, 3.05) is 79.6 Å². The number of fused-ring (bicyclic) bond motifs is 2. The molecular formula is C45H65N5O5S2+4. The lowest BCUT2D eigenvalue weighted by Gasteiger charge is -2.29. The predicted octanol–water partition coefficient (Wildman–Crippen LogP) is 6.53. The molecule has 5 rings (SSSR count). The van der Waals surface area contributed by atoms with E-state index in [1.54, 1.807) is 12.1 Å². The van der Waals surface area contributed by atoms with Gasteiger partial charge in [0.2, 0.25) is 5.69 Å². The van der Waals surface area contributed by atoms with Crippen molar-refractivity contribution in [3.63, 3.8) is 0 Å². The first-order chi connectivity index (χ1) is 26.2. The summed E-state index contributed by atoms with van der Waals surface area (Å²) < 4.78 is 66.1. The van der Waals surface area contributed by atoms with Gasteiger partial charge in [-0.15, -0.1) is 0 Å². The molecule has 1 N–H and O–H groups in total. The van der Waals surface area contributed by atoms with Crippen LogP contribution < -0.4 is 9.47 Å². The number of rotatable bonds is 15. The lowest BCUT2D eigenvalue weighted by Crippen LogP contribution is -2.37. The summed E-state index contributed by atoms with van der Waals surface area (Å²) in [7, 11) is 5.34. The minimum absolute atomic E-state index is 0.110. The average molecular weight is 820 g/mol. The van der Waals surface area contributed by atoms with Crippen molar-refractivity contribution in [2.24, 2.45) is 0 Å². The third kappa shape index (κ3) is 10.0. The smallest absolute Gasteiger partial charge is 0.294 e. The predicted molar refractivity (Wildman–Crippen MR) is 232 cm³/mol. The molecule has 0 spiro atoms. The molecule has 0 saturated carbocycles. The fourth-order valence-corrected chi connectivity index (χ4v) is 9.19. The Morgan fingerprint density at radius 1 is 0.807 bits per heavy atom. The van der Waals surface area contributed by atoms with E-state index in [1.165, 1.54) is 12.3 Å². The summed E-state index contributed by atoms with van der Waals surface area (Å²) in [4.78, 5) is 2.51. The number of hydrogen-bond acceptors (Lipinski definition) is 5. The van der Waals surface area contributed by atoms with Crippen molar-refractivity contribution >= 4 is 42.6 Å². The van der Waals surface area contributed by atoms with Gasteiger partial charge in [-0.3, -0.25) is 4.55 Å². The highest BCUT2D eigenvalue weighted by molar-refractivity contribution is 7.90. The SMILES string of the molecule is CC[n+]1ccc(C(C=CC2=[N+](CCC[N+](C)(C)C)c3ccc(S(C)(=O)=O)cc3C2(C)C)=CC=C2N(CCC[N+](C)(C)C)c3ccc(S(=O)(=O)O)cc3C2(C)C)cc1. The normalized spacial score (nSPS) is 17.9. The number of aryl methyl sites for hydroxylation is 1. The van der Waals surface area contributed by atoms with Gasteiger partial charge in [0.1, 0.15) is 6.54 Å². The number of hydrogen-bond donors (Lipinski definition) is 1. The van der Waals surface area contributed by atoms with Crippen molar-refractivity contribution in [3.8, 4) is 0 Å². The van der Waals surface area contributed by atoms with Gasteiger partial charge in [-0.2, -0.15) is 13.0 Å². The maximum Gasteiger partial charge on any atom is 0.294 e. The monoisotopic (exact) mass is 819 g/mol. The highest BCUT2D eigenvalue weighted by Crippen LogP contribution is 2.49. The van der Waals surface area contributed by atoms with Gasteiger partial charge in [0, 0.05) is 65.9 Å². The number of nitrogens with zero attached hydrogens (tertiary/aromatic N) is 5. The van der Waals surface area contributed by atoms with Crippen molar-refractivity contribution in [1.82, 2.24) is 0 Å². The van der Waals surface area contributed by atoms with E-state index in [0.717, 1.165) is 99.6 Å². The van der Waals surface area contributed by atoms with Gasteiger partial charge in [0.05, 0.1) is 77.0 Å². The van der Waals surface area contributed by atoms with Crippen LogP contribution in [0.15, 0.2) is 101 Å². The van der Waals surface area contributed by atoms with Crippen LogP contribution in [0, 0.1) is 0 Å². The Labute approximate surface area is 342 Å². The average Bonchev–Trinajstić information content (AvgIpc) is 3.44. The summed E-state index contributed by atoms with van der Waals surface area (Å²) >= 11 is 0. The zero-order valence-corrected chi connectivity index (χ0v) is 37.8. The molecule has 0 fully saturated rings. The number of benzene rings is 2. The van der Waals surface area contributed by atoms with Crippen molar-refractivity contribution in [3.05, 3.63) is 108 Å². The molecule has 57 heavy (non-hydrogen) atoms. The number of quaternary nitrogens is 2. The minimum atomic E-state index is -4.39. The Hall–Kier alpha value is -3.94. The number of allylic oxidation sites excluding steroid dienone is 6. The molecule has 12 heteroatoms. The second kappa shape index (κ2) is 16.0. The van der Waals surface area contributed by atoms with Crippen LogP contribution in [-0.2, 0) is 37.3 Å². The zero-order chi connectivity index (χ0) is 42.4. The van der Waals surface area contributed by atoms with E-state index in [0.29, 0.717) is 4.90 Å². The van der Waals surface area contributed by atoms with E-state index in [9.17, 15) is 21.4 Å². The second-order valence-electron chi connectivity index (χ2n) is 18.7. The Bertz CT molecular complexity index is 2360. The van der Waals surface area contributed by atoms with Crippen LogP contribution in [0.25, 0.3) is 5.57 Å². The van der Waals surface area contributed by atoms with Crippen LogP contribution in [0.2, 0.25) is 0 Å². The lowest BCUT2D eigenvalue weighted by atomic mass is 9.81. The summed E-state index contributed by atoms with van der Waals surface area (Å²) in [5, 5.41) is 0. The molecular weight excluding hydrogens is 755 g/mol. The first-order valence-electron chi connectivity index (χ1n) is 19.8. The number of anilines is 1. The van der Waals surface area contributed by atoms with Gasteiger partial charge in [-0.05, 0) is 80.0 Å². The van der Waals surface area contributed by atoms with Crippen molar-refractivity contribution in [2.45, 2.75) is 74.6 Å². The molecule has 0 aliphatic carbocycles. The van der Waals surface area contributed by atoms with Crippen LogP contribution in [0.1, 0.15) is 64.2 Å². The van der Waals surface area contributed by atoms with Crippen molar-refractivity contribution in [1.29, 1.82) is 0 Å². The fourth-order valence-electron chi connectivity index (χ4n) is 8.03. The van der Waals surface area contributed by atoms with E-state index >= 15 is 0 Å². The maximum absolute atomic E-state index is 12.7. The second-order valence-corrected chi connectivity index (χ2v) is 22.1. The summed E-state index contributed by atoms with van der Waals surface area (Å²) in [5.74, 6) is 0. The van der Waals surface area contributed by atoms with E-state index in [1.807, 2.05) is 18.2 Å². The van der Waals surface area contributed by atoms with Gasteiger partial charge < -0.3 is 13.9 Å². The fraction of sp³-hybridized carbons (Fsp3) is 0.467. The molecule has 3 heterocycles. The maximum atomic E-state index is 12.7. The van der Waals surface area contributed by atoms with Gasteiger partial charge in [0.25, 0.3) is 10.1 Å². The quantitative estimate of drug-likeness (QED) is 0.0811. The molecule has 0 atom stereocenters. The zero-order valence-electron chi connectivity index (χ0n) is 36.2. The molecule has 2 aliphatic heterocycles. The standard InChI is InChI=1S/C45H64N5O5S2/c1-13-46-28-24-35(25-29-46)34(16-22-42-44(2,3)38-32-36(56(12,51)52)18-20-40(38)47(42)26-14-30-49(6,7)8)17-23-43-45(4,5)39-33-37(57(53,54)55)19-21-41(39)48(43)27-15-31-50(9,10)11/h16-25,28-29,32-33H,13-15,26-27,30-31H2,1-12H3/q+3/p+1. The van der Waals surface area contributed by atoms with Gasteiger partial charge in [-0.1, -0.05) is 19.9 Å². The van der Waals surface area contributed by atoms with Crippen molar-refractivity contribution < 1.29 is 39.5 Å². The lowest BCUT2D eigenvalue weighted by molar-refractivity contribution is -0.871. The highest BCUT2D eigenvalue weighted by atomic mass is 32.2. The Morgan fingerprint density at radius 3 is 1.98 bits per heavy atom. The topological polar surface area (TPSA) is 98.6 Å². The van der Waals surface area contributed by atoms with Crippen LogP contribution in [0.4, 0.5) is 11.4 Å². The third-order valence-corrected chi connectivity index (χ3v) is 13.3. The summed E-state index contributed by atoms with van der Waals surface area (Å²) in [6, 6.07) is 14.7. The third-order valence-electron chi connectivity index (χ3n) is 11.3. The first kappa shape index (κ1) is 44.2. The minimum Gasteiger partial charge on any atom is -0.344 e. The molecule has 0 amide bonds. The first-order valence-corrected chi connectivity index (χ1v) is 23.2. The Morgan fingerprint density at radius 2 is 1.40 bits per heavy atom. The van der Waals surface area contributed by atoms with Crippen LogP contribution in [0.3, 0.4) is 0 Å². The summed E-state index contributed by atoms with van der Waals surface area (Å²) in [5.41, 5.74) is 6.93. The van der Waals surface area contributed by atoms with E-state index < -0.39 is 30.8 Å². The van der Waals surface area contributed by atoms with E-state index in [-0.39, 0.29) is 4.90 Å². The Kier molecular flexibility index (Phi) is 12.4. The molecule has 10 nitrogen and oxygen atoms in total. The number of pyridine rings is 1. The molecule has 2 aliphatic rings. The van der Waals surface area contributed by atoms with E-state index in [4.69, 9.17) is 0 Å². The summed E-state index contributed by atoms with van der Waals surface area (Å²) in [6.45, 7) is 15.0. The molecule has 0 radical (unpaired) electrons. The molecule has 1 aromatic heterocycles. The Balaban J connectivity index is 1.67. The van der Waals surface area contributed by atoms with Gasteiger partial charge >= 0.3 is 0 Å². The molecule has 0 bridgehead atoms. The van der Waals surface area contributed by atoms with Crippen LogP contribution >= 0.6 is 0 Å². The molecule has 3 aromatic rings. The molecule has 0 saturated heterocycles. The molecule has 308 valence electrons. The van der Waals surface area contributed by atoms with Gasteiger partial charge in [0.15, 0.2) is 34.5 Å². The summed E-state index contributed by atoms with van der Waals surface area (Å²) in [6.07, 6.45) is 16.0. The molecule has 0 unspecified atom stereocenters. The van der Waals surface area contributed by atoms with Gasteiger partial charge in [-0.25, -0.2) is 13.0 Å². The van der Waals surface area contributed by atoms with Crippen LogP contribution in [-0.4, -0.2) is 115 Å². The largest absolute Gasteiger partial charge is 0.344 e. The number of aromatic nitrogens is 1. The van der Waals surface area contributed by atoms with Crippen LogP contribution in [0.5, 0.6) is 0 Å².